The third kappa shape index (κ3) is 4.02. The van der Waals surface area contributed by atoms with E-state index in [0.717, 1.165) is 18.5 Å². The van der Waals surface area contributed by atoms with Gasteiger partial charge in [0.05, 0.1) is 23.6 Å². The molecule has 2 rings (SSSR count). The highest BCUT2D eigenvalue weighted by atomic mass is 79.9. The molecule has 116 valence electrons. The maximum Gasteiger partial charge on any atom is 0.310 e. The number of hydrogen-bond acceptors (Lipinski definition) is 3. The number of halogens is 2. The Balaban J connectivity index is 2.14. The molecule has 2 unspecified atom stereocenters. The van der Waals surface area contributed by atoms with E-state index in [0.29, 0.717) is 17.6 Å². The van der Waals surface area contributed by atoms with E-state index in [9.17, 15) is 14.3 Å². The Labute approximate surface area is 132 Å². The molecule has 2 atom stereocenters. The molecular weight excluding hydrogens is 341 g/mol. The van der Waals surface area contributed by atoms with E-state index in [1.165, 1.54) is 6.07 Å². The number of hydrogen-bond donors (Lipinski definition) is 1. The molecular formula is C15H19BrFNO3. The molecule has 0 spiro atoms. The fourth-order valence-corrected chi connectivity index (χ4v) is 2.91. The first kappa shape index (κ1) is 16.4. The first-order valence-electron chi connectivity index (χ1n) is 7.01. The van der Waals surface area contributed by atoms with E-state index in [-0.39, 0.29) is 18.5 Å². The minimum absolute atomic E-state index is 0.158. The summed E-state index contributed by atoms with van der Waals surface area (Å²) in [7, 11) is 0. The van der Waals surface area contributed by atoms with Crippen LogP contribution in [0.15, 0.2) is 22.7 Å². The SMILES string of the molecule is CCCN(Cc1ccc(Br)c(F)c1)C1COCC1C(=O)O. The van der Waals surface area contributed by atoms with Crippen molar-refractivity contribution in [2.75, 3.05) is 19.8 Å². The number of rotatable bonds is 6. The van der Waals surface area contributed by atoms with Gasteiger partial charge in [-0.1, -0.05) is 13.0 Å². The van der Waals surface area contributed by atoms with Gasteiger partial charge in [0.15, 0.2) is 0 Å². The summed E-state index contributed by atoms with van der Waals surface area (Å²) >= 11 is 3.13. The van der Waals surface area contributed by atoms with Crippen LogP contribution in [0.4, 0.5) is 4.39 Å². The summed E-state index contributed by atoms with van der Waals surface area (Å²) in [6.45, 7) is 3.98. The highest BCUT2D eigenvalue weighted by Crippen LogP contribution is 2.24. The van der Waals surface area contributed by atoms with Gasteiger partial charge in [0.2, 0.25) is 0 Å². The third-order valence-corrected chi connectivity index (χ3v) is 4.36. The predicted molar refractivity (Wildman–Crippen MR) is 80.5 cm³/mol. The van der Waals surface area contributed by atoms with E-state index >= 15 is 0 Å². The minimum atomic E-state index is -0.833. The number of carboxylic acid groups (broad SMARTS) is 1. The first-order valence-corrected chi connectivity index (χ1v) is 7.80. The molecule has 0 aliphatic carbocycles. The number of ether oxygens (including phenoxy) is 1. The van der Waals surface area contributed by atoms with E-state index in [1.54, 1.807) is 6.07 Å². The van der Waals surface area contributed by atoms with Crippen LogP contribution in [-0.2, 0) is 16.1 Å². The Hall–Kier alpha value is -0.980. The first-order chi connectivity index (χ1) is 10.0. The van der Waals surface area contributed by atoms with Gasteiger partial charge in [-0.2, -0.15) is 0 Å². The van der Waals surface area contributed by atoms with Crippen LogP contribution < -0.4 is 0 Å². The Bertz CT molecular complexity index is 512. The van der Waals surface area contributed by atoms with Crippen molar-refractivity contribution in [3.05, 3.63) is 34.1 Å². The highest BCUT2D eigenvalue weighted by molar-refractivity contribution is 9.10. The molecule has 6 heteroatoms. The normalized spacial score (nSPS) is 21.9. The molecule has 1 aromatic carbocycles. The van der Waals surface area contributed by atoms with Crippen LogP contribution in [0.25, 0.3) is 0 Å². The van der Waals surface area contributed by atoms with Crippen molar-refractivity contribution in [1.82, 2.24) is 4.90 Å². The molecule has 0 radical (unpaired) electrons. The zero-order chi connectivity index (χ0) is 15.4. The fraction of sp³-hybridized carbons (Fsp3) is 0.533. The Morgan fingerprint density at radius 1 is 1.52 bits per heavy atom. The van der Waals surface area contributed by atoms with Crippen LogP contribution in [0.1, 0.15) is 18.9 Å². The lowest BCUT2D eigenvalue weighted by Crippen LogP contribution is -2.43. The van der Waals surface area contributed by atoms with Gasteiger partial charge in [-0.05, 0) is 46.6 Å². The van der Waals surface area contributed by atoms with Gasteiger partial charge in [0, 0.05) is 12.6 Å². The third-order valence-electron chi connectivity index (χ3n) is 3.72. The van der Waals surface area contributed by atoms with Gasteiger partial charge >= 0.3 is 5.97 Å². The molecule has 21 heavy (non-hydrogen) atoms. The topological polar surface area (TPSA) is 49.8 Å². The maximum atomic E-state index is 13.6. The van der Waals surface area contributed by atoms with Crippen LogP contribution in [0.5, 0.6) is 0 Å². The molecule has 1 aliphatic rings. The summed E-state index contributed by atoms with van der Waals surface area (Å²) in [4.78, 5) is 13.4. The van der Waals surface area contributed by atoms with E-state index in [1.807, 2.05) is 13.0 Å². The summed E-state index contributed by atoms with van der Waals surface area (Å²) in [6.07, 6.45) is 0.905. The highest BCUT2D eigenvalue weighted by Gasteiger charge is 2.37. The number of carbonyl (C=O) groups is 1. The molecule has 0 amide bonds. The van der Waals surface area contributed by atoms with Crippen molar-refractivity contribution in [2.24, 2.45) is 5.92 Å². The summed E-state index contributed by atoms with van der Waals surface area (Å²) in [5.41, 5.74) is 0.834. The summed E-state index contributed by atoms with van der Waals surface area (Å²) < 4.78 is 19.4. The number of carboxylic acids is 1. The van der Waals surface area contributed by atoms with Crippen molar-refractivity contribution < 1.29 is 19.0 Å². The van der Waals surface area contributed by atoms with Crippen LogP contribution in [0, 0.1) is 11.7 Å². The Morgan fingerprint density at radius 3 is 2.90 bits per heavy atom. The molecule has 1 heterocycles. The predicted octanol–water partition coefficient (Wildman–Crippen LogP) is 2.90. The lowest BCUT2D eigenvalue weighted by Gasteiger charge is -2.30. The molecule has 0 saturated carbocycles. The van der Waals surface area contributed by atoms with E-state index < -0.39 is 11.9 Å². The molecule has 0 bridgehead atoms. The largest absolute Gasteiger partial charge is 0.481 e. The molecule has 1 aromatic rings. The van der Waals surface area contributed by atoms with E-state index in [4.69, 9.17) is 4.74 Å². The molecule has 1 N–H and O–H groups in total. The van der Waals surface area contributed by atoms with E-state index in [2.05, 4.69) is 20.8 Å². The molecule has 1 aliphatic heterocycles. The lowest BCUT2D eigenvalue weighted by atomic mass is 10.0. The summed E-state index contributed by atoms with van der Waals surface area (Å²) in [5, 5.41) is 9.27. The fourth-order valence-electron chi connectivity index (χ4n) is 2.66. The van der Waals surface area contributed by atoms with Crippen LogP contribution in [0.3, 0.4) is 0 Å². The van der Waals surface area contributed by atoms with Crippen molar-refractivity contribution in [3.8, 4) is 0 Å². The standard InChI is InChI=1S/C15H19BrFNO3/c1-2-5-18(14-9-21-8-11(14)15(19)20)7-10-3-4-12(16)13(17)6-10/h3-4,6,11,14H,2,5,7-9H2,1H3,(H,19,20). The number of benzene rings is 1. The van der Waals surface area contributed by atoms with Crippen LogP contribution in [0.2, 0.25) is 0 Å². The van der Waals surface area contributed by atoms with Crippen LogP contribution in [-0.4, -0.2) is 41.8 Å². The monoisotopic (exact) mass is 359 g/mol. The number of nitrogens with zero attached hydrogens (tertiary/aromatic N) is 1. The second-order valence-corrected chi connectivity index (χ2v) is 6.12. The quantitative estimate of drug-likeness (QED) is 0.848. The van der Waals surface area contributed by atoms with Gasteiger partial charge in [0.25, 0.3) is 0 Å². The molecule has 0 aromatic heterocycles. The van der Waals surface area contributed by atoms with Gasteiger partial charge in [-0.15, -0.1) is 0 Å². The average molecular weight is 360 g/mol. The smallest absolute Gasteiger partial charge is 0.310 e. The maximum absolute atomic E-state index is 13.6. The van der Waals surface area contributed by atoms with Gasteiger partial charge in [-0.3, -0.25) is 9.69 Å². The second kappa shape index (κ2) is 7.33. The Kier molecular flexibility index (Phi) is 5.72. The second-order valence-electron chi connectivity index (χ2n) is 5.27. The summed E-state index contributed by atoms with van der Waals surface area (Å²) in [6, 6.07) is 4.85. The van der Waals surface area contributed by atoms with Crippen molar-refractivity contribution in [1.29, 1.82) is 0 Å². The molecule has 1 saturated heterocycles. The molecule has 4 nitrogen and oxygen atoms in total. The van der Waals surface area contributed by atoms with Gasteiger partial charge < -0.3 is 9.84 Å². The Morgan fingerprint density at radius 2 is 2.29 bits per heavy atom. The van der Waals surface area contributed by atoms with Crippen molar-refractivity contribution in [2.45, 2.75) is 25.9 Å². The summed E-state index contributed by atoms with van der Waals surface area (Å²) in [5.74, 6) is -1.65. The van der Waals surface area contributed by atoms with Gasteiger partial charge in [0.1, 0.15) is 5.82 Å². The van der Waals surface area contributed by atoms with Gasteiger partial charge in [-0.25, -0.2) is 4.39 Å². The van der Waals surface area contributed by atoms with Crippen LogP contribution >= 0.6 is 15.9 Å². The minimum Gasteiger partial charge on any atom is -0.481 e. The number of aliphatic carboxylic acids is 1. The average Bonchev–Trinajstić information content (AvgIpc) is 2.92. The lowest BCUT2D eigenvalue weighted by molar-refractivity contribution is -0.143. The zero-order valence-electron chi connectivity index (χ0n) is 11.9. The molecule has 1 fully saturated rings. The zero-order valence-corrected chi connectivity index (χ0v) is 13.5. The van der Waals surface area contributed by atoms with Crippen molar-refractivity contribution in [3.63, 3.8) is 0 Å². The van der Waals surface area contributed by atoms with Crippen molar-refractivity contribution >= 4 is 21.9 Å².